The first-order valence-electron chi connectivity index (χ1n) is 6.48. The molecule has 1 unspecified atom stereocenters. The van der Waals surface area contributed by atoms with E-state index in [0.29, 0.717) is 12.0 Å². The van der Waals surface area contributed by atoms with E-state index in [0.717, 1.165) is 21.7 Å². The maximum absolute atomic E-state index is 13.3. The molecule has 2 rings (SSSR count). The van der Waals surface area contributed by atoms with Crippen molar-refractivity contribution in [2.45, 2.75) is 26.3 Å². The van der Waals surface area contributed by atoms with Gasteiger partial charge in [0.1, 0.15) is 5.82 Å². The third kappa shape index (κ3) is 3.37. The number of halogens is 2. The Balaban J connectivity index is 2.26. The monoisotopic (exact) mass is 292 g/mol. The molecule has 3 N–H and O–H groups in total. The predicted molar refractivity (Wildman–Crippen MR) is 81.1 cm³/mol. The quantitative estimate of drug-likeness (QED) is 0.664. The topological polar surface area (TPSA) is 38.0 Å². The van der Waals surface area contributed by atoms with Gasteiger partial charge in [0.2, 0.25) is 0 Å². The van der Waals surface area contributed by atoms with Crippen molar-refractivity contribution in [3.63, 3.8) is 0 Å². The van der Waals surface area contributed by atoms with Crippen molar-refractivity contribution >= 4 is 11.6 Å². The van der Waals surface area contributed by atoms with E-state index in [9.17, 15) is 4.39 Å². The van der Waals surface area contributed by atoms with E-state index < -0.39 is 0 Å². The molecule has 0 bridgehead atoms. The molecular formula is C16H18ClFN2. The van der Waals surface area contributed by atoms with Crippen LogP contribution in [0.5, 0.6) is 0 Å². The van der Waals surface area contributed by atoms with E-state index in [1.807, 2.05) is 31.2 Å². The van der Waals surface area contributed by atoms with Crippen LogP contribution in [0.15, 0.2) is 36.4 Å². The Kier molecular flexibility index (Phi) is 4.76. The van der Waals surface area contributed by atoms with E-state index in [1.165, 1.54) is 6.07 Å². The van der Waals surface area contributed by atoms with Gasteiger partial charge in [-0.25, -0.2) is 4.39 Å². The van der Waals surface area contributed by atoms with Crippen LogP contribution in [0, 0.1) is 19.7 Å². The Morgan fingerprint density at radius 2 is 1.95 bits per heavy atom. The van der Waals surface area contributed by atoms with Gasteiger partial charge in [0.25, 0.3) is 0 Å². The molecule has 0 aliphatic rings. The molecule has 2 aromatic rings. The summed E-state index contributed by atoms with van der Waals surface area (Å²) in [6.45, 7) is 3.74. The third-order valence-corrected chi connectivity index (χ3v) is 3.77. The van der Waals surface area contributed by atoms with Crippen LogP contribution in [0.4, 0.5) is 4.39 Å². The zero-order valence-corrected chi connectivity index (χ0v) is 12.3. The van der Waals surface area contributed by atoms with Crippen LogP contribution < -0.4 is 11.3 Å². The minimum atomic E-state index is -0.210. The first-order chi connectivity index (χ1) is 9.51. The predicted octanol–water partition coefficient (Wildman–Crippen LogP) is 3.84. The molecule has 106 valence electrons. The Morgan fingerprint density at radius 1 is 1.20 bits per heavy atom. The summed E-state index contributed by atoms with van der Waals surface area (Å²) in [4.78, 5) is 0. The zero-order chi connectivity index (χ0) is 14.7. The second-order valence-corrected chi connectivity index (χ2v) is 5.43. The first-order valence-corrected chi connectivity index (χ1v) is 6.86. The molecule has 0 radical (unpaired) electrons. The van der Waals surface area contributed by atoms with Crippen LogP contribution >= 0.6 is 11.6 Å². The van der Waals surface area contributed by atoms with E-state index in [-0.39, 0.29) is 11.9 Å². The van der Waals surface area contributed by atoms with Gasteiger partial charge in [0, 0.05) is 5.02 Å². The molecule has 0 aliphatic carbocycles. The lowest BCUT2D eigenvalue weighted by Crippen LogP contribution is -2.29. The number of hydrogen-bond acceptors (Lipinski definition) is 2. The molecule has 1 atom stereocenters. The van der Waals surface area contributed by atoms with Crippen molar-refractivity contribution in [3.05, 3.63) is 69.5 Å². The molecule has 0 fully saturated rings. The van der Waals surface area contributed by atoms with E-state index >= 15 is 0 Å². The number of hydrazine groups is 1. The average Bonchev–Trinajstić information content (AvgIpc) is 2.41. The molecule has 0 amide bonds. The number of hydrogen-bond donors (Lipinski definition) is 2. The number of aryl methyl sites for hydroxylation is 2. The fourth-order valence-corrected chi connectivity index (χ4v) is 2.51. The molecule has 0 heterocycles. The minimum absolute atomic E-state index is 0.102. The second-order valence-electron chi connectivity index (χ2n) is 5.03. The molecule has 0 aromatic heterocycles. The maximum Gasteiger partial charge on any atom is 0.126 e. The fourth-order valence-electron chi connectivity index (χ4n) is 2.20. The van der Waals surface area contributed by atoms with E-state index in [2.05, 4.69) is 5.43 Å². The summed E-state index contributed by atoms with van der Waals surface area (Å²) < 4.78 is 13.3. The first kappa shape index (κ1) is 15.0. The zero-order valence-electron chi connectivity index (χ0n) is 11.6. The number of nitrogens with one attached hydrogen (secondary N) is 1. The Morgan fingerprint density at radius 3 is 2.55 bits per heavy atom. The number of rotatable bonds is 4. The Labute approximate surface area is 123 Å². The number of benzene rings is 2. The lowest BCUT2D eigenvalue weighted by molar-refractivity contribution is 0.548. The molecule has 2 aromatic carbocycles. The van der Waals surface area contributed by atoms with Crippen LogP contribution in [-0.2, 0) is 6.42 Å². The Bertz CT molecular complexity index is 613. The lowest BCUT2D eigenvalue weighted by Gasteiger charge is -2.18. The lowest BCUT2D eigenvalue weighted by atomic mass is 9.97. The highest BCUT2D eigenvalue weighted by Gasteiger charge is 2.13. The third-order valence-electron chi connectivity index (χ3n) is 3.42. The molecule has 0 saturated heterocycles. The summed E-state index contributed by atoms with van der Waals surface area (Å²) in [5.74, 6) is 5.42. The van der Waals surface area contributed by atoms with Crippen molar-refractivity contribution in [2.75, 3.05) is 0 Å². The van der Waals surface area contributed by atoms with Gasteiger partial charge in [-0.1, -0.05) is 35.9 Å². The van der Waals surface area contributed by atoms with Crippen molar-refractivity contribution in [1.82, 2.24) is 5.43 Å². The van der Waals surface area contributed by atoms with Gasteiger partial charge in [-0.05, 0) is 54.7 Å². The van der Waals surface area contributed by atoms with Gasteiger partial charge < -0.3 is 0 Å². The average molecular weight is 293 g/mol. The highest BCUT2D eigenvalue weighted by Crippen LogP contribution is 2.25. The highest BCUT2D eigenvalue weighted by molar-refractivity contribution is 6.31. The van der Waals surface area contributed by atoms with Crippen LogP contribution in [0.1, 0.15) is 28.3 Å². The van der Waals surface area contributed by atoms with Crippen molar-refractivity contribution in [3.8, 4) is 0 Å². The molecule has 0 aliphatic heterocycles. The molecule has 2 nitrogen and oxygen atoms in total. The van der Waals surface area contributed by atoms with Crippen molar-refractivity contribution in [2.24, 2.45) is 5.84 Å². The van der Waals surface area contributed by atoms with Crippen LogP contribution in [0.2, 0.25) is 5.02 Å². The molecular weight excluding hydrogens is 275 g/mol. The largest absolute Gasteiger partial charge is 0.271 e. The summed E-state index contributed by atoms with van der Waals surface area (Å²) in [6, 6.07) is 10.9. The standard InChI is InChI=1S/C16H18ClFN2/c1-10-3-4-12(14(17)7-10)9-16(20-19)13-5-6-15(18)11(2)8-13/h3-8,16,20H,9,19H2,1-2H3. The van der Waals surface area contributed by atoms with E-state index in [1.54, 1.807) is 13.0 Å². The van der Waals surface area contributed by atoms with Crippen LogP contribution in [-0.4, -0.2) is 0 Å². The second kappa shape index (κ2) is 6.35. The normalized spacial score (nSPS) is 12.4. The molecule has 4 heteroatoms. The summed E-state index contributed by atoms with van der Waals surface area (Å²) >= 11 is 6.25. The summed E-state index contributed by atoms with van der Waals surface area (Å²) in [7, 11) is 0. The van der Waals surface area contributed by atoms with Gasteiger partial charge in [-0.2, -0.15) is 0 Å². The molecule has 0 spiro atoms. The fraction of sp³-hybridized carbons (Fsp3) is 0.250. The van der Waals surface area contributed by atoms with Crippen molar-refractivity contribution in [1.29, 1.82) is 0 Å². The van der Waals surface area contributed by atoms with Crippen molar-refractivity contribution < 1.29 is 4.39 Å². The Hall–Kier alpha value is -1.42. The van der Waals surface area contributed by atoms with Gasteiger partial charge in [0.15, 0.2) is 0 Å². The smallest absolute Gasteiger partial charge is 0.126 e. The van der Waals surface area contributed by atoms with Gasteiger partial charge in [0.05, 0.1) is 6.04 Å². The van der Waals surface area contributed by atoms with Gasteiger partial charge in [-0.15, -0.1) is 0 Å². The van der Waals surface area contributed by atoms with Gasteiger partial charge in [-0.3, -0.25) is 11.3 Å². The van der Waals surface area contributed by atoms with Crippen LogP contribution in [0.3, 0.4) is 0 Å². The van der Waals surface area contributed by atoms with E-state index in [4.69, 9.17) is 17.4 Å². The number of nitrogens with two attached hydrogens (primary N) is 1. The highest BCUT2D eigenvalue weighted by atomic mass is 35.5. The molecule has 20 heavy (non-hydrogen) atoms. The SMILES string of the molecule is Cc1ccc(CC(NN)c2ccc(F)c(C)c2)c(Cl)c1. The minimum Gasteiger partial charge on any atom is -0.271 e. The van der Waals surface area contributed by atoms with Crippen LogP contribution in [0.25, 0.3) is 0 Å². The van der Waals surface area contributed by atoms with Gasteiger partial charge >= 0.3 is 0 Å². The maximum atomic E-state index is 13.3. The summed E-state index contributed by atoms with van der Waals surface area (Å²) in [5, 5.41) is 0.726. The summed E-state index contributed by atoms with van der Waals surface area (Å²) in [5.41, 5.74) is 6.47. The summed E-state index contributed by atoms with van der Waals surface area (Å²) in [6.07, 6.45) is 0.653. The molecule has 0 saturated carbocycles.